The molecule has 196 valence electrons. The van der Waals surface area contributed by atoms with Gasteiger partial charge in [0.1, 0.15) is 22.7 Å². The Kier molecular flexibility index (Phi) is 10.5. The molecule has 0 aliphatic heterocycles. The second kappa shape index (κ2) is 13.1. The summed E-state index contributed by atoms with van der Waals surface area (Å²) in [4.78, 5) is 22.4. The van der Waals surface area contributed by atoms with Crippen molar-refractivity contribution in [3.63, 3.8) is 0 Å². The number of amides is 1. The molecule has 0 bridgehead atoms. The summed E-state index contributed by atoms with van der Waals surface area (Å²) < 4.78 is 12.5. The summed E-state index contributed by atoms with van der Waals surface area (Å²) in [5.41, 5.74) is 1.35. The van der Waals surface area contributed by atoms with Gasteiger partial charge in [0.15, 0.2) is 0 Å². The molecule has 2 aromatic carbocycles. The highest BCUT2D eigenvalue weighted by molar-refractivity contribution is 5.91. The number of nitrogens with zero attached hydrogens (tertiary/aromatic N) is 1. The minimum atomic E-state index is -0.449. The van der Waals surface area contributed by atoms with Crippen molar-refractivity contribution in [2.45, 2.75) is 84.8 Å². The zero-order chi connectivity index (χ0) is 26.8. The SMILES string of the molecule is CCC(C)(C)Oc1ccc(CCCCNC(=O)/C=C/c2ccc([N+](=O)[O-])cc2)c(OC(C)(C)CC)c1. The average molecular weight is 497 g/mol. The van der Waals surface area contributed by atoms with E-state index in [9.17, 15) is 14.9 Å². The summed E-state index contributed by atoms with van der Waals surface area (Å²) in [5, 5.41) is 13.6. The van der Waals surface area contributed by atoms with Crippen molar-refractivity contribution >= 4 is 17.7 Å². The van der Waals surface area contributed by atoms with Gasteiger partial charge >= 0.3 is 0 Å². The minimum absolute atomic E-state index is 0.0235. The van der Waals surface area contributed by atoms with Crippen LogP contribution in [0.4, 0.5) is 5.69 Å². The molecule has 0 aliphatic rings. The summed E-state index contributed by atoms with van der Waals surface area (Å²) in [6, 6.07) is 12.1. The van der Waals surface area contributed by atoms with Gasteiger partial charge < -0.3 is 14.8 Å². The number of rotatable bonds is 14. The lowest BCUT2D eigenvalue weighted by molar-refractivity contribution is -0.384. The Bertz CT molecular complexity index is 1040. The molecule has 0 fully saturated rings. The Hall–Kier alpha value is -3.35. The molecular formula is C29H40N2O5. The van der Waals surface area contributed by atoms with Gasteiger partial charge in [0, 0.05) is 30.8 Å². The summed E-state index contributed by atoms with van der Waals surface area (Å²) in [7, 11) is 0. The van der Waals surface area contributed by atoms with E-state index in [1.54, 1.807) is 18.2 Å². The van der Waals surface area contributed by atoms with E-state index in [-0.39, 0.29) is 22.8 Å². The number of carbonyl (C=O) groups is 1. The highest BCUT2D eigenvalue weighted by atomic mass is 16.6. The standard InChI is InChI=1S/C29H40N2O5/c1-7-28(3,4)35-25-18-15-23(26(21-25)36-29(5,6)8-2)11-9-10-20-30-27(32)19-14-22-12-16-24(17-13-22)31(33)34/h12-19,21H,7-11,20H2,1-6H3,(H,30,32)/b19-14+. The third-order valence-electron chi connectivity index (χ3n) is 6.23. The Labute approximate surface area is 215 Å². The lowest BCUT2D eigenvalue weighted by Crippen LogP contribution is -2.28. The first-order valence-electron chi connectivity index (χ1n) is 12.7. The molecule has 36 heavy (non-hydrogen) atoms. The van der Waals surface area contributed by atoms with Crippen molar-refractivity contribution in [3.8, 4) is 11.5 Å². The summed E-state index contributed by atoms with van der Waals surface area (Å²) >= 11 is 0. The maximum atomic E-state index is 12.1. The van der Waals surface area contributed by atoms with E-state index in [0.29, 0.717) is 6.54 Å². The van der Waals surface area contributed by atoms with Gasteiger partial charge in [-0.2, -0.15) is 0 Å². The van der Waals surface area contributed by atoms with Gasteiger partial charge in [-0.15, -0.1) is 0 Å². The number of carbonyl (C=O) groups excluding carboxylic acids is 1. The van der Waals surface area contributed by atoms with Crippen molar-refractivity contribution < 1.29 is 19.2 Å². The maximum Gasteiger partial charge on any atom is 0.269 e. The van der Waals surface area contributed by atoms with E-state index >= 15 is 0 Å². The van der Waals surface area contributed by atoms with Crippen LogP contribution in [0, 0.1) is 10.1 Å². The molecule has 0 aromatic heterocycles. The number of ether oxygens (including phenoxy) is 2. The number of hydrogen-bond acceptors (Lipinski definition) is 5. The monoisotopic (exact) mass is 496 g/mol. The molecule has 0 aliphatic carbocycles. The molecule has 0 spiro atoms. The van der Waals surface area contributed by atoms with Gasteiger partial charge in [-0.05, 0) is 95.2 Å². The smallest absolute Gasteiger partial charge is 0.269 e. The van der Waals surface area contributed by atoms with Gasteiger partial charge in [-0.1, -0.05) is 19.9 Å². The van der Waals surface area contributed by atoms with E-state index in [1.807, 2.05) is 12.1 Å². The van der Waals surface area contributed by atoms with Gasteiger partial charge in [0.25, 0.3) is 5.69 Å². The molecule has 2 rings (SSSR count). The van der Waals surface area contributed by atoms with Crippen LogP contribution in [0.5, 0.6) is 11.5 Å². The molecule has 0 atom stereocenters. The molecule has 2 aromatic rings. The first kappa shape index (κ1) is 28.9. The van der Waals surface area contributed by atoms with E-state index in [0.717, 1.165) is 54.7 Å². The van der Waals surface area contributed by atoms with Crippen LogP contribution in [0.2, 0.25) is 0 Å². The normalized spacial score (nSPS) is 11.9. The highest BCUT2D eigenvalue weighted by Gasteiger charge is 2.21. The quantitative estimate of drug-likeness (QED) is 0.133. The molecular weight excluding hydrogens is 456 g/mol. The third-order valence-corrected chi connectivity index (χ3v) is 6.23. The highest BCUT2D eigenvalue weighted by Crippen LogP contribution is 2.32. The predicted molar refractivity (Wildman–Crippen MR) is 145 cm³/mol. The first-order chi connectivity index (χ1) is 16.9. The number of benzene rings is 2. The Morgan fingerprint density at radius 1 is 0.972 bits per heavy atom. The van der Waals surface area contributed by atoms with Crippen LogP contribution in [0.3, 0.4) is 0 Å². The summed E-state index contributed by atoms with van der Waals surface area (Å²) in [5.74, 6) is 1.46. The van der Waals surface area contributed by atoms with Crippen LogP contribution >= 0.6 is 0 Å². The molecule has 1 amide bonds. The number of non-ortho nitro benzene ring substituents is 1. The van der Waals surface area contributed by atoms with Crippen molar-refractivity contribution in [2.24, 2.45) is 0 Å². The Morgan fingerprint density at radius 2 is 1.61 bits per heavy atom. The van der Waals surface area contributed by atoms with Crippen LogP contribution in [0.15, 0.2) is 48.5 Å². The topological polar surface area (TPSA) is 90.7 Å². The molecule has 0 radical (unpaired) electrons. The number of aryl methyl sites for hydroxylation is 1. The van der Waals surface area contributed by atoms with E-state index in [4.69, 9.17) is 9.47 Å². The molecule has 0 saturated heterocycles. The van der Waals surface area contributed by atoms with Crippen molar-refractivity contribution in [1.29, 1.82) is 0 Å². The zero-order valence-corrected chi connectivity index (χ0v) is 22.4. The molecule has 0 unspecified atom stereocenters. The van der Waals surface area contributed by atoms with Crippen molar-refractivity contribution in [1.82, 2.24) is 5.32 Å². The second-order valence-corrected chi connectivity index (χ2v) is 10.1. The molecule has 7 nitrogen and oxygen atoms in total. The Morgan fingerprint density at radius 3 is 2.22 bits per heavy atom. The van der Waals surface area contributed by atoms with Crippen LogP contribution in [0.1, 0.15) is 78.4 Å². The van der Waals surface area contributed by atoms with E-state index < -0.39 is 4.92 Å². The van der Waals surface area contributed by atoms with Crippen molar-refractivity contribution in [2.75, 3.05) is 6.54 Å². The lowest BCUT2D eigenvalue weighted by atomic mass is 10.0. The van der Waals surface area contributed by atoms with E-state index in [1.165, 1.54) is 18.2 Å². The van der Waals surface area contributed by atoms with Gasteiger partial charge in [0.2, 0.25) is 5.91 Å². The van der Waals surface area contributed by atoms with Gasteiger partial charge in [-0.25, -0.2) is 0 Å². The first-order valence-corrected chi connectivity index (χ1v) is 12.7. The predicted octanol–water partition coefficient (Wildman–Crippen LogP) is 6.88. The number of hydrogen-bond donors (Lipinski definition) is 1. The molecule has 7 heteroatoms. The van der Waals surface area contributed by atoms with Crippen molar-refractivity contribution in [3.05, 3.63) is 69.8 Å². The summed E-state index contributed by atoms with van der Waals surface area (Å²) in [6.45, 7) is 13.1. The number of nitro groups is 1. The van der Waals surface area contributed by atoms with Crippen LogP contribution in [-0.4, -0.2) is 28.6 Å². The minimum Gasteiger partial charge on any atom is -0.488 e. The largest absolute Gasteiger partial charge is 0.488 e. The second-order valence-electron chi connectivity index (χ2n) is 10.1. The molecule has 0 heterocycles. The van der Waals surface area contributed by atoms with Gasteiger partial charge in [-0.3, -0.25) is 14.9 Å². The summed E-state index contributed by atoms with van der Waals surface area (Å²) in [6.07, 6.45) is 7.43. The van der Waals surface area contributed by atoms with Crippen LogP contribution < -0.4 is 14.8 Å². The van der Waals surface area contributed by atoms with Crippen LogP contribution in [0.25, 0.3) is 6.08 Å². The number of nitro benzene ring substituents is 1. The fourth-order valence-electron chi connectivity index (χ4n) is 3.25. The third kappa shape index (κ3) is 9.72. The number of unbranched alkanes of at least 4 members (excludes halogenated alkanes) is 1. The molecule has 1 N–H and O–H groups in total. The molecule has 0 saturated carbocycles. The maximum absolute atomic E-state index is 12.1. The van der Waals surface area contributed by atoms with Gasteiger partial charge in [0.05, 0.1) is 4.92 Å². The lowest BCUT2D eigenvalue weighted by Gasteiger charge is -2.29. The average Bonchev–Trinajstić information content (AvgIpc) is 2.83. The number of nitrogens with one attached hydrogen (secondary N) is 1. The Balaban J connectivity index is 1.89. The van der Waals surface area contributed by atoms with E-state index in [2.05, 4.69) is 52.9 Å². The van der Waals surface area contributed by atoms with Crippen LogP contribution in [-0.2, 0) is 11.2 Å². The zero-order valence-electron chi connectivity index (χ0n) is 22.4. The fraction of sp³-hybridized carbons (Fsp3) is 0.483. The fourth-order valence-corrected chi connectivity index (χ4v) is 3.25.